The summed E-state index contributed by atoms with van der Waals surface area (Å²) in [5, 5.41) is 3.25. The molecule has 90 valence electrons. The maximum Gasteiger partial charge on any atom is 0.129 e. The zero-order chi connectivity index (χ0) is 12.3. The molecule has 0 aliphatic heterocycles. The van der Waals surface area contributed by atoms with Crippen LogP contribution in [0.4, 0.5) is 4.39 Å². The van der Waals surface area contributed by atoms with Crippen LogP contribution in [-0.4, -0.2) is 0 Å². The lowest BCUT2D eigenvalue weighted by molar-refractivity contribution is 0.521. The first-order valence-corrected chi connectivity index (χ1v) is 6.15. The van der Waals surface area contributed by atoms with Gasteiger partial charge in [0.05, 0.1) is 12.5 Å². The molecule has 0 aliphatic rings. The molecule has 2 nitrogen and oxygen atoms in total. The highest BCUT2D eigenvalue weighted by atomic mass is 79.9. The number of hydrogen-bond acceptors (Lipinski definition) is 2. The van der Waals surface area contributed by atoms with E-state index in [0.29, 0.717) is 12.1 Å². The van der Waals surface area contributed by atoms with E-state index in [9.17, 15) is 4.39 Å². The molecule has 2 rings (SSSR count). The van der Waals surface area contributed by atoms with E-state index in [-0.39, 0.29) is 11.9 Å². The Bertz CT molecular complexity index is 484. The molecule has 1 N–H and O–H groups in total. The van der Waals surface area contributed by atoms with Gasteiger partial charge in [0.2, 0.25) is 0 Å². The Labute approximate surface area is 108 Å². The summed E-state index contributed by atoms with van der Waals surface area (Å²) >= 11 is 3.24. The second kappa shape index (κ2) is 5.47. The van der Waals surface area contributed by atoms with Crippen molar-refractivity contribution in [3.05, 3.63) is 58.2 Å². The van der Waals surface area contributed by atoms with E-state index in [0.717, 1.165) is 10.0 Å². The zero-order valence-electron chi connectivity index (χ0n) is 9.41. The van der Waals surface area contributed by atoms with Gasteiger partial charge in [0.15, 0.2) is 0 Å². The third-order valence-corrected chi connectivity index (χ3v) is 3.11. The van der Waals surface area contributed by atoms with Gasteiger partial charge in [-0.05, 0) is 25.1 Å². The lowest BCUT2D eigenvalue weighted by Crippen LogP contribution is -2.18. The predicted molar refractivity (Wildman–Crippen MR) is 68.1 cm³/mol. The molecular weight excluding hydrogens is 285 g/mol. The minimum absolute atomic E-state index is 0.0435. The number of nitrogens with one attached hydrogen (secondary N) is 1. The minimum atomic E-state index is -0.202. The fraction of sp³-hybridized carbons (Fsp3) is 0.231. The van der Waals surface area contributed by atoms with Crippen LogP contribution >= 0.6 is 15.9 Å². The van der Waals surface area contributed by atoms with Crippen molar-refractivity contribution in [3.63, 3.8) is 0 Å². The Kier molecular flexibility index (Phi) is 3.97. The van der Waals surface area contributed by atoms with Gasteiger partial charge >= 0.3 is 0 Å². The highest BCUT2D eigenvalue weighted by Crippen LogP contribution is 2.21. The van der Waals surface area contributed by atoms with Crippen molar-refractivity contribution in [1.82, 2.24) is 5.32 Å². The summed E-state index contributed by atoms with van der Waals surface area (Å²) in [4.78, 5) is 0. The lowest BCUT2D eigenvalue weighted by atomic mass is 10.1. The van der Waals surface area contributed by atoms with Crippen molar-refractivity contribution in [1.29, 1.82) is 0 Å². The first kappa shape index (κ1) is 12.3. The molecule has 1 heterocycles. The Morgan fingerprint density at radius 1 is 1.41 bits per heavy atom. The average Bonchev–Trinajstić information content (AvgIpc) is 2.78. The van der Waals surface area contributed by atoms with Crippen LogP contribution in [0.25, 0.3) is 0 Å². The highest BCUT2D eigenvalue weighted by molar-refractivity contribution is 9.10. The first-order chi connectivity index (χ1) is 8.16. The van der Waals surface area contributed by atoms with E-state index in [1.54, 1.807) is 18.6 Å². The van der Waals surface area contributed by atoms with Gasteiger partial charge in [0.1, 0.15) is 5.82 Å². The Balaban J connectivity index is 2.01. The molecule has 0 amide bonds. The normalized spacial score (nSPS) is 12.6. The van der Waals surface area contributed by atoms with Gasteiger partial charge in [0, 0.05) is 28.2 Å². The number of halogens is 2. The predicted octanol–water partition coefficient (Wildman–Crippen LogP) is 4.03. The van der Waals surface area contributed by atoms with Crippen molar-refractivity contribution in [2.45, 2.75) is 19.5 Å². The molecule has 0 aliphatic carbocycles. The zero-order valence-corrected chi connectivity index (χ0v) is 11.0. The molecule has 4 heteroatoms. The van der Waals surface area contributed by atoms with E-state index in [1.807, 2.05) is 19.1 Å². The summed E-state index contributed by atoms with van der Waals surface area (Å²) in [6.45, 7) is 2.60. The van der Waals surface area contributed by atoms with Gasteiger partial charge < -0.3 is 9.73 Å². The molecule has 0 saturated carbocycles. The Morgan fingerprint density at radius 2 is 2.24 bits per heavy atom. The number of hydrogen-bond donors (Lipinski definition) is 1. The third kappa shape index (κ3) is 3.17. The van der Waals surface area contributed by atoms with Crippen molar-refractivity contribution >= 4 is 15.9 Å². The second-order valence-electron chi connectivity index (χ2n) is 3.90. The first-order valence-electron chi connectivity index (χ1n) is 5.36. The molecule has 1 aromatic heterocycles. The van der Waals surface area contributed by atoms with E-state index in [2.05, 4.69) is 21.2 Å². The monoisotopic (exact) mass is 297 g/mol. The smallest absolute Gasteiger partial charge is 0.129 e. The summed E-state index contributed by atoms with van der Waals surface area (Å²) < 4.78 is 19.4. The van der Waals surface area contributed by atoms with Crippen molar-refractivity contribution in [2.75, 3.05) is 0 Å². The van der Waals surface area contributed by atoms with Gasteiger partial charge in [-0.15, -0.1) is 0 Å². The van der Waals surface area contributed by atoms with Crippen molar-refractivity contribution in [2.24, 2.45) is 0 Å². The number of rotatable bonds is 4. The summed E-state index contributed by atoms with van der Waals surface area (Å²) in [6.07, 6.45) is 3.31. The maximum absolute atomic E-state index is 13.7. The van der Waals surface area contributed by atoms with E-state index >= 15 is 0 Å². The van der Waals surface area contributed by atoms with Crippen LogP contribution in [0.2, 0.25) is 0 Å². The van der Waals surface area contributed by atoms with Crippen molar-refractivity contribution in [3.8, 4) is 0 Å². The fourth-order valence-electron chi connectivity index (χ4n) is 1.63. The highest BCUT2D eigenvalue weighted by Gasteiger charge is 2.10. The van der Waals surface area contributed by atoms with Crippen LogP contribution in [0.15, 0.2) is 45.7 Å². The standard InChI is InChI=1S/C13H13BrFNO/c1-9(16-7-10-4-5-17-8-10)12-3-2-11(14)6-13(12)15/h2-6,8-9,16H,7H2,1H3. The molecule has 0 saturated heterocycles. The Morgan fingerprint density at radius 3 is 2.88 bits per heavy atom. The van der Waals surface area contributed by atoms with E-state index < -0.39 is 0 Å². The van der Waals surface area contributed by atoms with E-state index in [1.165, 1.54) is 6.07 Å². The number of benzene rings is 1. The van der Waals surface area contributed by atoms with Crippen LogP contribution in [-0.2, 0) is 6.54 Å². The van der Waals surface area contributed by atoms with Crippen LogP contribution in [0.5, 0.6) is 0 Å². The topological polar surface area (TPSA) is 25.2 Å². The molecule has 2 aromatic rings. The molecular formula is C13H13BrFNO. The quantitative estimate of drug-likeness (QED) is 0.922. The lowest BCUT2D eigenvalue weighted by Gasteiger charge is -2.14. The van der Waals surface area contributed by atoms with Gasteiger partial charge in [-0.25, -0.2) is 4.39 Å². The van der Waals surface area contributed by atoms with Gasteiger partial charge in [0.25, 0.3) is 0 Å². The summed E-state index contributed by atoms with van der Waals surface area (Å²) in [5.41, 5.74) is 1.71. The van der Waals surface area contributed by atoms with Crippen molar-refractivity contribution < 1.29 is 8.81 Å². The molecule has 0 bridgehead atoms. The maximum atomic E-state index is 13.7. The van der Waals surface area contributed by atoms with Crippen LogP contribution < -0.4 is 5.32 Å². The molecule has 1 aromatic carbocycles. The van der Waals surface area contributed by atoms with Gasteiger partial charge in [-0.3, -0.25) is 0 Å². The van der Waals surface area contributed by atoms with Gasteiger partial charge in [-0.2, -0.15) is 0 Å². The summed E-state index contributed by atoms with van der Waals surface area (Å²) in [7, 11) is 0. The van der Waals surface area contributed by atoms with Crippen LogP contribution in [0.3, 0.4) is 0 Å². The Hall–Kier alpha value is -1.13. The minimum Gasteiger partial charge on any atom is -0.472 e. The SMILES string of the molecule is CC(NCc1ccoc1)c1ccc(Br)cc1F. The molecule has 0 spiro atoms. The van der Waals surface area contributed by atoms with Crippen LogP contribution in [0.1, 0.15) is 24.1 Å². The molecule has 17 heavy (non-hydrogen) atoms. The second-order valence-corrected chi connectivity index (χ2v) is 4.82. The van der Waals surface area contributed by atoms with E-state index in [4.69, 9.17) is 4.42 Å². The van der Waals surface area contributed by atoms with Gasteiger partial charge in [-0.1, -0.05) is 22.0 Å². The molecule has 0 radical (unpaired) electrons. The summed E-state index contributed by atoms with van der Waals surface area (Å²) in [5.74, 6) is -0.202. The third-order valence-electron chi connectivity index (χ3n) is 2.62. The van der Waals surface area contributed by atoms with Crippen LogP contribution in [0, 0.1) is 5.82 Å². The molecule has 0 fully saturated rings. The fourth-order valence-corrected chi connectivity index (χ4v) is 1.96. The number of furan rings is 1. The molecule has 1 atom stereocenters. The average molecular weight is 298 g/mol. The molecule has 1 unspecified atom stereocenters. The largest absolute Gasteiger partial charge is 0.472 e. The summed E-state index contributed by atoms with van der Waals surface area (Å²) in [6, 6.07) is 6.95.